The van der Waals surface area contributed by atoms with Gasteiger partial charge in [0.25, 0.3) is 16.1 Å². The van der Waals surface area contributed by atoms with E-state index in [9.17, 15) is 42.6 Å². The van der Waals surface area contributed by atoms with Crippen LogP contribution in [0.4, 0.5) is 10.2 Å². The molecule has 4 amide bonds. The highest BCUT2D eigenvalue weighted by molar-refractivity contribution is 7.87. The van der Waals surface area contributed by atoms with E-state index in [1.807, 2.05) is 25.5 Å². The number of fused-ring (bicyclic) bond motifs is 5. The maximum absolute atomic E-state index is 15.5. The van der Waals surface area contributed by atoms with Crippen LogP contribution in [-0.2, 0) is 41.2 Å². The van der Waals surface area contributed by atoms with Crippen molar-refractivity contribution in [2.75, 3.05) is 45.6 Å². The van der Waals surface area contributed by atoms with Crippen LogP contribution in [0, 0.1) is 12.7 Å². The average Bonchev–Trinajstić information content (AvgIpc) is 3.27. The molecule has 0 unspecified atom stereocenters. The number of nitrogens with zero attached hydrogens (tertiary/aromatic N) is 2. The number of carboxylic acid groups (broad SMARTS) is 1. The number of nitrogens with two attached hydrogens (primary N) is 4. The number of hydrogen-bond donors (Lipinski definition) is 10. The van der Waals surface area contributed by atoms with Gasteiger partial charge in [-0.25, -0.2) is 19.3 Å². The second kappa shape index (κ2) is 22.7. The first-order valence-corrected chi connectivity index (χ1v) is 23.8. The van der Waals surface area contributed by atoms with E-state index in [-0.39, 0.29) is 94.5 Å². The zero-order valence-corrected chi connectivity index (χ0v) is 40.5. The summed E-state index contributed by atoms with van der Waals surface area (Å²) in [5, 5.41) is 34.7. The van der Waals surface area contributed by atoms with Crippen LogP contribution in [0.5, 0.6) is 17.2 Å². The number of aryl methyl sites for hydroxylation is 1. The molecule has 3 aromatic carbocycles. The highest BCUT2D eigenvalue weighted by Crippen LogP contribution is 2.45. The number of ether oxygens (including phenoxy) is 2. The Morgan fingerprint density at radius 1 is 0.943 bits per heavy atom. The smallest absolute Gasteiger partial charge is 0.326 e. The van der Waals surface area contributed by atoms with Crippen molar-refractivity contribution >= 4 is 45.6 Å². The standard InChI is InChI=1S/C47H61FN10O11S/c1-24-17-33(29-11-10-28(22-32(29)48)47(3,4)5)55-41(51)38(24)43(61)57-35(23-53-70(52,66)67)45(63)58(6)39-27-20-31(40(59)37(21-27)69-16-8-14-50)30-18-26(9-12-36(30)68-15-7-13-49)19-34(46(64)65)56-42(60)25(2)54-44(39)62/h9-12,17-18,20-22,25,34-35,39,53,59H,7-8,13-16,19,23,49-50H2,1-6H3,(H2,51,55)(H,54,62)(H,56,60)(H,57,61)(H,64,65)(H2,52,66,67)/t25-,34-,35-,39-/m0/s1. The summed E-state index contributed by atoms with van der Waals surface area (Å²) in [6.07, 6.45) is 0.530. The molecule has 2 heterocycles. The van der Waals surface area contributed by atoms with Crippen molar-refractivity contribution < 1.29 is 56.5 Å². The second-order valence-corrected chi connectivity index (χ2v) is 19.2. The number of halogens is 1. The minimum Gasteiger partial charge on any atom is -0.504 e. The van der Waals surface area contributed by atoms with E-state index in [2.05, 4.69) is 20.9 Å². The topological polar surface area (TPSA) is 347 Å². The van der Waals surface area contributed by atoms with Gasteiger partial charge in [0.05, 0.1) is 24.5 Å². The van der Waals surface area contributed by atoms with Crippen LogP contribution in [0.1, 0.15) is 79.2 Å². The second-order valence-electron chi connectivity index (χ2n) is 17.9. The molecule has 0 saturated carbocycles. The SMILES string of the molecule is Cc1cc(-c2ccc(C(C)(C)C)cc2F)nc(N)c1C(=O)N[C@@H](CNS(N)(=O)=O)C(=O)N(C)[C@@H]1C(=O)N[C@@H](C)C(=O)N[C@H](C(=O)O)Cc2ccc(OCCCN)c(c2)-c2cc1cc(OCCCN)c2O. The molecule has 4 aromatic rings. The molecule has 23 heteroatoms. The molecular weight excluding hydrogens is 932 g/mol. The molecule has 1 aliphatic heterocycles. The quantitative estimate of drug-likeness (QED) is 0.0672. The van der Waals surface area contributed by atoms with Crippen LogP contribution in [0.2, 0.25) is 0 Å². The zero-order chi connectivity index (χ0) is 51.8. The summed E-state index contributed by atoms with van der Waals surface area (Å²) < 4.78 is 54.0. The number of carboxylic acids is 1. The third kappa shape index (κ3) is 13.2. The number of carbonyl (C=O) groups excluding carboxylic acids is 4. The normalized spacial score (nSPS) is 16.8. The first-order valence-electron chi connectivity index (χ1n) is 22.3. The van der Waals surface area contributed by atoms with E-state index in [0.717, 1.165) is 17.5 Å². The fraction of sp³-hybridized carbons (Fsp3) is 0.404. The van der Waals surface area contributed by atoms with Crippen molar-refractivity contribution in [3.05, 3.63) is 88.2 Å². The maximum Gasteiger partial charge on any atom is 0.326 e. The van der Waals surface area contributed by atoms with Crippen LogP contribution in [0.3, 0.4) is 0 Å². The number of aliphatic carboxylic acids is 1. The number of likely N-dealkylation sites (N-methyl/N-ethyl adjacent to an activating group) is 1. The molecule has 0 spiro atoms. The molecule has 0 radical (unpaired) electrons. The van der Waals surface area contributed by atoms with E-state index in [1.54, 1.807) is 30.3 Å². The first kappa shape index (κ1) is 54.0. The lowest BCUT2D eigenvalue weighted by Crippen LogP contribution is -2.57. The third-order valence-corrected chi connectivity index (χ3v) is 12.0. The van der Waals surface area contributed by atoms with E-state index in [0.29, 0.717) is 18.4 Å². The van der Waals surface area contributed by atoms with Gasteiger partial charge in [-0.3, -0.25) is 19.2 Å². The Bertz CT molecular complexity index is 2730. The van der Waals surface area contributed by atoms with Gasteiger partial charge >= 0.3 is 5.97 Å². The molecule has 378 valence electrons. The number of phenolic OH excluding ortho intramolecular Hbond substituents is 1. The Morgan fingerprint density at radius 3 is 2.19 bits per heavy atom. The Balaban J connectivity index is 1.65. The van der Waals surface area contributed by atoms with Crippen molar-refractivity contribution in [3.8, 4) is 39.6 Å². The third-order valence-electron chi connectivity index (χ3n) is 11.4. The molecule has 5 rings (SSSR count). The molecule has 70 heavy (non-hydrogen) atoms. The van der Waals surface area contributed by atoms with Crippen LogP contribution < -0.4 is 52.5 Å². The molecule has 1 aromatic heterocycles. The lowest BCUT2D eigenvalue weighted by Gasteiger charge is -2.33. The highest BCUT2D eigenvalue weighted by atomic mass is 32.2. The molecular formula is C47H61FN10O11S. The minimum atomic E-state index is -4.53. The number of aromatic nitrogens is 1. The number of amides is 4. The van der Waals surface area contributed by atoms with Gasteiger partial charge in [-0.05, 0) is 110 Å². The molecule has 0 aliphatic carbocycles. The van der Waals surface area contributed by atoms with Gasteiger partial charge in [-0.1, -0.05) is 32.9 Å². The summed E-state index contributed by atoms with van der Waals surface area (Å²) in [4.78, 5) is 74.9. The molecule has 21 nitrogen and oxygen atoms in total. The number of aromatic hydroxyl groups is 1. The van der Waals surface area contributed by atoms with Gasteiger partial charge in [0.15, 0.2) is 11.5 Å². The number of rotatable bonds is 17. The highest BCUT2D eigenvalue weighted by Gasteiger charge is 2.38. The summed E-state index contributed by atoms with van der Waals surface area (Å²) in [5.41, 5.74) is 18.9. The van der Waals surface area contributed by atoms with Crippen LogP contribution >= 0.6 is 0 Å². The minimum absolute atomic E-state index is 0.0113. The summed E-state index contributed by atoms with van der Waals surface area (Å²) in [6, 6.07) is 6.88. The van der Waals surface area contributed by atoms with Crippen LogP contribution in [-0.4, -0.2) is 116 Å². The molecule has 0 fully saturated rings. The summed E-state index contributed by atoms with van der Waals surface area (Å²) in [6.45, 7) is 8.31. The molecule has 4 bridgehead atoms. The maximum atomic E-state index is 15.5. The first-order chi connectivity index (χ1) is 32.8. The van der Waals surface area contributed by atoms with E-state index in [4.69, 9.17) is 31.8 Å². The number of benzene rings is 3. The molecule has 1 aliphatic rings. The Kier molecular flexibility index (Phi) is 17.5. The number of pyridine rings is 1. The predicted molar refractivity (Wildman–Crippen MR) is 258 cm³/mol. The number of anilines is 1. The van der Waals surface area contributed by atoms with E-state index < -0.39 is 82.1 Å². The Hall–Kier alpha value is -6.92. The molecule has 0 saturated heterocycles. The monoisotopic (exact) mass is 992 g/mol. The lowest BCUT2D eigenvalue weighted by molar-refractivity contribution is -0.143. The van der Waals surface area contributed by atoms with Gasteiger partial charge in [0, 0.05) is 36.7 Å². The number of nitrogen functional groups attached to an aromatic ring is 1. The number of phenols is 1. The Labute approximate surface area is 405 Å². The largest absolute Gasteiger partial charge is 0.504 e. The van der Waals surface area contributed by atoms with Gasteiger partial charge in [0.2, 0.25) is 17.7 Å². The fourth-order valence-electron chi connectivity index (χ4n) is 7.64. The van der Waals surface area contributed by atoms with Crippen molar-refractivity contribution in [1.82, 2.24) is 30.6 Å². The van der Waals surface area contributed by atoms with Gasteiger partial charge < -0.3 is 57.7 Å². The lowest BCUT2D eigenvalue weighted by atomic mass is 9.86. The number of hydrogen-bond acceptors (Lipinski definition) is 14. The van der Waals surface area contributed by atoms with Crippen LogP contribution in [0.15, 0.2) is 54.6 Å². The van der Waals surface area contributed by atoms with Gasteiger partial charge in [0.1, 0.15) is 41.6 Å². The molecule has 4 atom stereocenters. The average molecular weight is 993 g/mol. The summed E-state index contributed by atoms with van der Waals surface area (Å²) in [5.74, 6) is -6.76. The molecule has 14 N–H and O–H groups in total. The van der Waals surface area contributed by atoms with E-state index in [1.165, 1.54) is 38.1 Å². The van der Waals surface area contributed by atoms with Crippen molar-refractivity contribution in [2.24, 2.45) is 16.6 Å². The predicted octanol–water partition coefficient (Wildman–Crippen LogP) is 1.63. The van der Waals surface area contributed by atoms with Gasteiger partial charge in [-0.2, -0.15) is 13.1 Å². The van der Waals surface area contributed by atoms with Gasteiger partial charge in [-0.15, -0.1) is 0 Å². The van der Waals surface area contributed by atoms with Crippen molar-refractivity contribution in [1.29, 1.82) is 0 Å². The van der Waals surface area contributed by atoms with Crippen molar-refractivity contribution in [2.45, 2.75) is 83.5 Å². The number of nitrogens with one attached hydrogen (secondary N) is 4. The fourth-order valence-corrected chi connectivity index (χ4v) is 8.04. The Morgan fingerprint density at radius 2 is 1.60 bits per heavy atom. The number of carbonyl (C=O) groups is 5. The van der Waals surface area contributed by atoms with Crippen LogP contribution in [0.25, 0.3) is 22.4 Å². The summed E-state index contributed by atoms with van der Waals surface area (Å²) >= 11 is 0. The van der Waals surface area contributed by atoms with Crippen molar-refractivity contribution in [3.63, 3.8) is 0 Å². The summed E-state index contributed by atoms with van der Waals surface area (Å²) in [7, 11) is -3.36. The zero-order valence-electron chi connectivity index (χ0n) is 39.7. The van der Waals surface area contributed by atoms with E-state index >= 15 is 4.39 Å².